The van der Waals surface area contributed by atoms with Gasteiger partial charge >= 0.3 is 6.09 Å². The topological polar surface area (TPSA) is 111 Å². The number of alkyl carbamates (subject to hydrolysis) is 1. The van der Waals surface area contributed by atoms with E-state index in [9.17, 15) is 19.7 Å². The van der Waals surface area contributed by atoms with Gasteiger partial charge in [0, 0.05) is 18.4 Å². The van der Waals surface area contributed by atoms with Crippen LogP contribution in [0.4, 0.5) is 16.2 Å². The van der Waals surface area contributed by atoms with Crippen LogP contribution in [0.5, 0.6) is 0 Å². The second-order valence-corrected chi connectivity index (χ2v) is 7.41. The lowest BCUT2D eigenvalue weighted by Gasteiger charge is -2.19. The molecule has 0 saturated carbocycles. The van der Waals surface area contributed by atoms with Gasteiger partial charge in [-0.05, 0) is 39.3 Å². The molecule has 0 saturated heterocycles. The molecular weight excluding hydrogens is 346 g/mol. The highest BCUT2D eigenvalue weighted by Gasteiger charge is 2.17. The number of nitro benzene ring substituents is 1. The number of nitrogens with zero attached hydrogens (tertiary/aromatic N) is 1. The fourth-order valence-corrected chi connectivity index (χ4v) is 2.44. The average Bonchev–Trinajstić information content (AvgIpc) is 2.46. The number of rotatable bonds is 7. The molecule has 0 heterocycles. The number of thioether (sulfide) groups is 1. The fourth-order valence-electron chi connectivity index (χ4n) is 1.79. The maximum absolute atomic E-state index is 11.9. The number of hydrogen-bond acceptors (Lipinski definition) is 6. The van der Waals surface area contributed by atoms with Gasteiger partial charge in [-0.1, -0.05) is 6.07 Å². The molecule has 0 aliphatic heterocycles. The summed E-state index contributed by atoms with van der Waals surface area (Å²) in [5.74, 6) is 0.304. The number of ether oxygens (including phenoxy) is 1. The van der Waals surface area contributed by atoms with Crippen LogP contribution in [0.15, 0.2) is 18.2 Å². The van der Waals surface area contributed by atoms with Crippen LogP contribution in [0.25, 0.3) is 0 Å². The number of nitrogens with one attached hydrogen (secondary N) is 2. The normalized spacial score (nSPS) is 10.9. The van der Waals surface area contributed by atoms with Crippen molar-refractivity contribution in [3.8, 4) is 0 Å². The smallest absolute Gasteiger partial charge is 0.407 e. The van der Waals surface area contributed by atoms with E-state index in [2.05, 4.69) is 10.6 Å². The van der Waals surface area contributed by atoms with Gasteiger partial charge < -0.3 is 15.4 Å². The number of anilines is 1. The molecule has 0 radical (unpaired) electrons. The number of carbonyl (C=O) groups is 2. The zero-order valence-electron chi connectivity index (χ0n) is 14.8. The monoisotopic (exact) mass is 369 g/mol. The summed E-state index contributed by atoms with van der Waals surface area (Å²) >= 11 is 1.31. The van der Waals surface area contributed by atoms with Crippen molar-refractivity contribution < 1.29 is 19.2 Å². The summed E-state index contributed by atoms with van der Waals surface area (Å²) in [5.41, 5.74) is 0.227. The van der Waals surface area contributed by atoms with Gasteiger partial charge in [0.25, 0.3) is 5.69 Å². The molecule has 0 aromatic heterocycles. The maximum atomic E-state index is 11.9. The van der Waals surface area contributed by atoms with Crippen LogP contribution >= 0.6 is 11.8 Å². The number of amides is 2. The predicted octanol–water partition coefficient (Wildman–Crippen LogP) is 3.10. The largest absolute Gasteiger partial charge is 0.444 e. The van der Waals surface area contributed by atoms with Crippen molar-refractivity contribution in [1.82, 2.24) is 5.32 Å². The Morgan fingerprint density at radius 1 is 1.32 bits per heavy atom. The first-order valence-corrected chi connectivity index (χ1v) is 8.83. The Morgan fingerprint density at radius 2 is 2.00 bits per heavy atom. The van der Waals surface area contributed by atoms with Gasteiger partial charge in [0.15, 0.2) is 0 Å². The summed E-state index contributed by atoms with van der Waals surface area (Å²) in [6.45, 7) is 7.42. The standard InChI is InChI=1S/C16H23N3O5S/c1-11-5-6-12(13(9-11)19(22)23)18-14(20)10-25-8-7-17-15(21)24-16(2,3)4/h5-6,9H,7-8,10H2,1-4H3,(H,17,21)(H,18,20). The second-order valence-electron chi connectivity index (χ2n) is 6.31. The Morgan fingerprint density at radius 3 is 2.60 bits per heavy atom. The SMILES string of the molecule is Cc1ccc(NC(=O)CSCCNC(=O)OC(C)(C)C)c([N+](=O)[O-])c1. The van der Waals surface area contributed by atoms with Crippen molar-refractivity contribution in [2.45, 2.75) is 33.3 Å². The molecule has 0 aliphatic rings. The molecule has 0 aliphatic carbocycles. The zero-order valence-corrected chi connectivity index (χ0v) is 15.6. The predicted molar refractivity (Wildman–Crippen MR) is 98.0 cm³/mol. The molecule has 8 nitrogen and oxygen atoms in total. The average molecular weight is 369 g/mol. The Bertz CT molecular complexity index is 643. The molecule has 0 bridgehead atoms. The minimum atomic E-state index is -0.556. The summed E-state index contributed by atoms with van der Waals surface area (Å²) in [6.07, 6.45) is -0.507. The number of benzene rings is 1. The third kappa shape index (κ3) is 8.39. The lowest BCUT2D eigenvalue weighted by Crippen LogP contribution is -2.33. The molecule has 0 unspecified atom stereocenters. The van der Waals surface area contributed by atoms with Crippen LogP contribution in [0, 0.1) is 17.0 Å². The third-order valence-electron chi connectivity index (χ3n) is 2.77. The van der Waals surface area contributed by atoms with Crippen molar-refractivity contribution in [2.24, 2.45) is 0 Å². The highest BCUT2D eigenvalue weighted by molar-refractivity contribution is 7.99. The van der Waals surface area contributed by atoms with Crippen molar-refractivity contribution in [3.63, 3.8) is 0 Å². The van der Waals surface area contributed by atoms with E-state index in [-0.39, 0.29) is 23.0 Å². The zero-order chi connectivity index (χ0) is 19.0. The van der Waals surface area contributed by atoms with Gasteiger partial charge in [-0.2, -0.15) is 11.8 Å². The highest BCUT2D eigenvalue weighted by atomic mass is 32.2. The first-order chi connectivity index (χ1) is 11.6. The lowest BCUT2D eigenvalue weighted by molar-refractivity contribution is -0.384. The Kier molecular flexibility index (Phi) is 7.69. The van der Waals surface area contributed by atoms with E-state index in [0.717, 1.165) is 5.56 Å². The van der Waals surface area contributed by atoms with Gasteiger partial charge in [-0.3, -0.25) is 14.9 Å². The number of carbonyl (C=O) groups excluding carboxylic acids is 2. The van der Waals surface area contributed by atoms with Crippen molar-refractivity contribution in [3.05, 3.63) is 33.9 Å². The molecule has 2 amide bonds. The Labute approximate surface area is 150 Å². The molecule has 25 heavy (non-hydrogen) atoms. The summed E-state index contributed by atoms with van der Waals surface area (Å²) in [4.78, 5) is 33.8. The molecular formula is C16H23N3O5S. The van der Waals surface area contributed by atoms with Crippen LogP contribution in [-0.4, -0.2) is 40.6 Å². The summed E-state index contributed by atoms with van der Waals surface area (Å²) in [7, 11) is 0. The molecule has 9 heteroatoms. The maximum Gasteiger partial charge on any atom is 0.407 e. The van der Waals surface area contributed by atoms with E-state index in [4.69, 9.17) is 4.74 Å². The molecule has 138 valence electrons. The fraction of sp³-hybridized carbons (Fsp3) is 0.500. The molecule has 1 aromatic rings. The first-order valence-electron chi connectivity index (χ1n) is 7.68. The number of hydrogen-bond donors (Lipinski definition) is 2. The molecule has 2 N–H and O–H groups in total. The highest BCUT2D eigenvalue weighted by Crippen LogP contribution is 2.25. The van der Waals surface area contributed by atoms with E-state index in [0.29, 0.717) is 12.3 Å². The van der Waals surface area contributed by atoms with Gasteiger partial charge in [-0.15, -0.1) is 0 Å². The van der Waals surface area contributed by atoms with E-state index < -0.39 is 16.6 Å². The summed E-state index contributed by atoms with van der Waals surface area (Å²) < 4.78 is 5.09. The van der Waals surface area contributed by atoms with E-state index >= 15 is 0 Å². The molecule has 0 fully saturated rings. The quantitative estimate of drug-likeness (QED) is 0.434. The van der Waals surface area contributed by atoms with E-state index in [1.165, 1.54) is 23.9 Å². The van der Waals surface area contributed by atoms with Gasteiger partial charge in [0.2, 0.25) is 5.91 Å². The minimum absolute atomic E-state index is 0.126. The second kappa shape index (κ2) is 9.26. The minimum Gasteiger partial charge on any atom is -0.444 e. The van der Waals surface area contributed by atoms with Crippen LogP contribution in [-0.2, 0) is 9.53 Å². The molecule has 0 atom stereocenters. The number of nitro groups is 1. The van der Waals surface area contributed by atoms with Crippen molar-refractivity contribution in [1.29, 1.82) is 0 Å². The Balaban J connectivity index is 2.35. The van der Waals surface area contributed by atoms with Crippen LogP contribution in [0.3, 0.4) is 0 Å². The summed E-state index contributed by atoms with van der Waals surface area (Å²) in [6, 6.07) is 4.62. The molecule has 1 rings (SSSR count). The van der Waals surface area contributed by atoms with Crippen molar-refractivity contribution in [2.75, 3.05) is 23.4 Å². The van der Waals surface area contributed by atoms with Gasteiger partial charge in [-0.25, -0.2) is 4.79 Å². The van der Waals surface area contributed by atoms with Crippen molar-refractivity contribution >= 4 is 35.1 Å². The Hall–Kier alpha value is -2.29. The number of aryl methyl sites for hydroxylation is 1. The van der Waals surface area contributed by atoms with Crippen LogP contribution < -0.4 is 10.6 Å². The van der Waals surface area contributed by atoms with Crippen LogP contribution in [0.2, 0.25) is 0 Å². The van der Waals surface area contributed by atoms with E-state index in [1.807, 2.05) is 0 Å². The van der Waals surface area contributed by atoms with Crippen LogP contribution in [0.1, 0.15) is 26.3 Å². The lowest BCUT2D eigenvalue weighted by atomic mass is 10.2. The molecule has 0 spiro atoms. The van der Waals surface area contributed by atoms with Gasteiger partial charge in [0.1, 0.15) is 11.3 Å². The van der Waals surface area contributed by atoms with Gasteiger partial charge in [0.05, 0.1) is 10.7 Å². The third-order valence-corrected chi connectivity index (χ3v) is 3.73. The molecule has 1 aromatic carbocycles. The van der Waals surface area contributed by atoms with E-state index in [1.54, 1.807) is 33.8 Å². The first kappa shape index (κ1) is 20.8. The summed E-state index contributed by atoms with van der Waals surface area (Å²) in [5, 5.41) is 16.1.